The van der Waals surface area contributed by atoms with Crippen molar-refractivity contribution in [2.24, 2.45) is 0 Å². The van der Waals surface area contributed by atoms with Crippen LogP contribution in [0, 0.1) is 27.7 Å². The van der Waals surface area contributed by atoms with Gasteiger partial charge >= 0.3 is 12.1 Å². The molecule has 43 heavy (non-hydrogen) atoms. The number of carbonyl (C=O) groups excluding carboxylic acids is 1. The number of aliphatic carboxylic acids is 1. The van der Waals surface area contributed by atoms with E-state index in [0.717, 1.165) is 39.1 Å². The zero-order valence-electron chi connectivity index (χ0n) is 27.3. The Morgan fingerprint density at radius 3 is 1.74 bits per heavy atom. The van der Waals surface area contributed by atoms with Crippen LogP contribution in [-0.4, -0.2) is 54.2 Å². The summed E-state index contributed by atoms with van der Waals surface area (Å²) < 4.78 is 37.2. The number of carbonyl (C=O) groups is 2. The van der Waals surface area contributed by atoms with Crippen molar-refractivity contribution in [1.29, 1.82) is 0 Å². The Kier molecular flexibility index (Phi) is 13.2. The summed E-state index contributed by atoms with van der Waals surface area (Å²) in [6, 6.07) is 12.9. The van der Waals surface area contributed by atoms with Crippen LogP contribution in [0.25, 0.3) is 11.1 Å². The van der Waals surface area contributed by atoms with E-state index in [9.17, 15) is 23.1 Å². The molecule has 8 heteroatoms. The molecule has 2 aromatic carbocycles. The van der Waals surface area contributed by atoms with Gasteiger partial charge in [-0.05, 0) is 112 Å². The Labute approximate surface area is 254 Å². The maximum atomic E-state index is 12.1. The summed E-state index contributed by atoms with van der Waals surface area (Å²) in [6.45, 7) is 22.7. The molecule has 0 aromatic heterocycles. The highest BCUT2D eigenvalue weighted by Gasteiger charge is 2.28. The van der Waals surface area contributed by atoms with Crippen molar-refractivity contribution in [2.45, 2.75) is 86.6 Å². The van der Waals surface area contributed by atoms with E-state index in [4.69, 9.17) is 9.53 Å². The second-order valence-corrected chi connectivity index (χ2v) is 12.0. The van der Waals surface area contributed by atoms with Gasteiger partial charge in [0.2, 0.25) is 6.29 Å². The predicted molar refractivity (Wildman–Crippen MR) is 169 cm³/mol. The average Bonchev–Trinajstić information content (AvgIpc) is 2.88. The minimum Gasteiger partial charge on any atom is -0.479 e. The first-order valence-electron chi connectivity index (χ1n) is 14.0. The van der Waals surface area contributed by atoms with Crippen molar-refractivity contribution in [2.75, 3.05) is 14.1 Å². The van der Waals surface area contributed by atoms with Crippen molar-refractivity contribution in [3.05, 3.63) is 93.2 Å². The minimum atomic E-state index is -4.64. The van der Waals surface area contributed by atoms with Crippen LogP contribution in [-0.2, 0) is 14.3 Å². The van der Waals surface area contributed by atoms with Gasteiger partial charge in [-0.15, -0.1) is 0 Å². The lowest BCUT2D eigenvalue weighted by molar-refractivity contribution is -0.159. The molecule has 2 rings (SSSR count). The first-order chi connectivity index (χ1) is 19.6. The van der Waals surface area contributed by atoms with Gasteiger partial charge < -0.3 is 14.7 Å². The molecule has 1 unspecified atom stereocenters. The number of rotatable bonds is 9. The van der Waals surface area contributed by atoms with Gasteiger partial charge in [0, 0.05) is 31.8 Å². The number of hydrogen-bond donors (Lipinski definition) is 1. The zero-order chi connectivity index (χ0) is 33.4. The number of ether oxygens (including phenoxy) is 1. The molecule has 0 amide bonds. The second kappa shape index (κ2) is 15.2. The van der Waals surface area contributed by atoms with Crippen molar-refractivity contribution in [3.8, 4) is 0 Å². The Bertz CT molecular complexity index is 1390. The average molecular weight is 602 g/mol. The number of benzene rings is 2. The van der Waals surface area contributed by atoms with Crippen LogP contribution in [0.15, 0.2) is 59.8 Å². The zero-order valence-corrected chi connectivity index (χ0v) is 27.3. The molecular weight excluding hydrogens is 555 g/mol. The normalized spacial score (nSPS) is 13.6. The monoisotopic (exact) mass is 601 g/mol. The fourth-order valence-corrected chi connectivity index (χ4v) is 4.52. The van der Waals surface area contributed by atoms with Gasteiger partial charge in [-0.3, -0.25) is 4.79 Å². The molecule has 236 valence electrons. The number of allylic oxidation sites excluding steroid dienone is 3. The lowest BCUT2D eigenvalue weighted by atomic mass is 9.86. The summed E-state index contributed by atoms with van der Waals surface area (Å²) in [5.41, 5.74) is 11.5. The summed E-state index contributed by atoms with van der Waals surface area (Å²) in [4.78, 5) is 22.9. The number of likely N-dealkylation sites (N-methyl/N-ethyl adjacent to an activating group) is 1. The summed E-state index contributed by atoms with van der Waals surface area (Å²) in [6.07, 6.45) is -6.37. The maximum absolute atomic E-state index is 12.1. The molecular formula is C35H46F3NO4. The fraction of sp³-hybridized carbons (Fsp3) is 0.429. The molecule has 0 fully saturated rings. The number of nitrogens with zero attached hydrogens (tertiary/aromatic N) is 1. The molecule has 2 aromatic rings. The molecule has 0 aliphatic rings. The van der Waals surface area contributed by atoms with Crippen LogP contribution < -0.4 is 0 Å². The van der Waals surface area contributed by atoms with Crippen LogP contribution in [0.2, 0.25) is 0 Å². The lowest BCUT2D eigenvalue weighted by Crippen LogP contribution is -2.34. The summed E-state index contributed by atoms with van der Waals surface area (Å²) in [5, 5.41) is 9.94. The number of aldehydes is 1. The highest BCUT2D eigenvalue weighted by Crippen LogP contribution is 2.38. The summed E-state index contributed by atoms with van der Waals surface area (Å²) in [5.74, 6) is -0.958. The summed E-state index contributed by atoms with van der Waals surface area (Å²) >= 11 is 0. The van der Waals surface area contributed by atoms with Crippen molar-refractivity contribution >= 4 is 23.4 Å². The van der Waals surface area contributed by atoms with E-state index in [-0.39, 0.29) is 6.42 Å². The van der Waals surface area contributed by atoms with Gasteiger partial charge in [0.05, 0.1) is 5.60 Å². The van der Waals surface area contributed by atoms with Gasteiger partial charge in [0.15, 0.2) is 6.10 Å². The van der Waals surface area contributed by atoms with Crippen molar-refractivity contribution in [1.82, 2.24) is 4.90 Å². The maximum Gasteiger partial charge on any atom is 0.446 e. The van der Waals surface area contributed by atoms with E-state index in [1.165, 1.54) is 22.3 Å². The SMILES string of the molecule is C=C(/C(C)=C(\C(=C(\C)CC(OC(C)(C)C)C(=O)O)N(C)C)c1ccc(C)c(C)c1)c1ccc(C)c(C)c1.O=CC(F)(F)F. The highest BCUT2D eigenvalue weighted by atomic mass is 19.4. The number of carboxylic acid groups (broad SMARTS) is 1. The quantitative estimate of drug-likeness (QED) is 0.230. The summed E-state index contributed by atoms with van der Waals surface area (Å²) in [7, 11) is 4.01. The van der Waals surface area contributed by atoms with Crippen LogP contribution in [0.5, 0.6) is 0 Å². The van der Waals surface area contributed by atoms with E-state index in [2.05, 4.69) is 82.5 Å². The Morgan fingerprint density at radius 1 is 0.930 bits per heavy atom. The molecule has 0 saturated heterocycles. The smallest absolute Gasteiger partial charge is 0.446 e. The first kappa shape index (κ1) is 37.4. The number of carboxylic acids is 1. The molecule has 0 saturated carbocycles. The lowest BCUT2D eigenvalue weighted by Gasteiger charge is -2.29. The largest absolute Gasteiger partial charge is 0.479 e. The van der Waals surface area contributed by atoms with Crippen molar-refractivity contribution in [3.63, 3.8) is 0 Å². The minimum absolute atomic E-state index is 0.276. The van der Waals surface area contributed by atoms with E-state index >= 15 is 0 Å². The highest BCUT2D eigenvalue weighted by molar-refractivity contribution is 5.94. The number of halogens is 3. The molecule has 1 N–H and O–H groups in total. The molecule has 0 heterocycles. The van der Waals surface area contributed by atoms with Gasteiger partial charge in [-0.25, -0.2) is 4.79 Å². The Morgan fingerprint density at radius 2 is 1.37 bits per heavy atom. The molecule has 0 bridgehead atoms. The van der Waals surface area contributed by atoms with Crippen LogP contribution in [0.1, 0.15) is 74.4 Å². The number of aryl methyl sites for hydroxylation is 4. The predicted octanol–water partition coefficient (Wildman–Crippen LogP) is 8.65. The van der Waals surface area contributed by atoms with Gasteiger partial charge in [-0.1, -0.05) is 43.0 Å². The van der Waals surface area contributed by atoms with Gasteiger partial charge in [0.1, 0.15) is 0 Å². The van der Waals surface area contributed by atoms with Crippen LogP contribution in [0.4, 0.5) is 13.2 Å². The fourth-order valence-electron chi connectivity index (χ4n) is 4.52. The topological polar surface area (TPSA) is 66.8 Å². The van der Waals surface area contributed by atoms with E-state index < -0.39 is 30.1 Å². The van der Waals surface area contributed by atoms with Gasteiger partial charge in [0.25, 0.3) is 0 Å². The van der Waals surface area contributed by atoms with Crippen molar-refractivity contribution < 1.29 is 32.6 Å². The number of alkyl halides is 3. The molecule has 0 spiro atoms. The molecule has 5 nitrogen and oxygen atoms in total. The Hall–Kier alpha value is -3.65. The van der Waals surface area contributed by atoms with E-state index in [0.29, 0.717) is 0 Å². The first-order valence-corrected chi connectivity index (χ1v) is 14.0. The third-order valence-corrected chi connectivity index (χ3v) is 6.96. The molecule has 0 aliphatic carbocycles. The second-order valence-electron chi connectivity index (χ2n) is 12.0. The molecule has 0 radical (unpaired) electrons. The molecule has 1 atom stereocenters. The van der Waals surface area contributed by atoms with E-state index in [1.807, 2.05) is 41.8 Å². The van der Waals surface area contributed by atoms with E-state index in [1.54, 1.807) is 0 Å². The third-order valence-electron chi connectivity index (χ3n) is 6.96. The third kappa shape index (κ3) is 11.5. The Balaban J connectivity index is 0.00000139. The standard InChI is InChI=1S/C33H45NO3.C2HF3O/c1-20-13-15-27(17-22(20)3)25(6)26(7)30(28-16-14-21(2)23(4)18-28)31(34(11)12)24(5)19-29(32(35)36)37-33(8,9)10;3-2(4,5)1-6/h13-18,29H,6,19H2,1-5,7-12H3,(H,35,36);1H/b30-26-,31-24+;. The van der Waals surface area contributed by atoms with Crippen LogP contribution in [0.3, 0.4) is 0 Å². The van der Waals surface area contributed by atoms with Gasteiger partial charge in [-0.2, -0.15) is 13.2 Å². The van der Waals surface area contributed by atoms with Crippen LogP contribution >= 0.6 is 0 Å². The molecule has 0 aliphatic heterocycles. The number of hydrogen-bond acceptors (Lipinski definition) is 4.